The van der Waals surface area contributed by atoms with Crippen molar-refractivity contribution in [2.75, 3.05) is 16.6 Å². The van der Waals surface area contributed by atoms with E-state index in [2.05, 4.69) is 4.72 Å². The van der Waals surface area contributed by atoms with Crippen LogP contribution in [-0.2, 0) is 16.6 Å². The third-order valence-corrected chi connectivity index (χ3v) is 4.88. The van der Waals surface area contributed by atoms with Gasteiger partial charge in [0.25, 0.3) is 0 Å². The summed E-state index contributed by atoms with van der Waals surface area (Å²) in [6.07, 6.45) is 0.724. The maximum absolute atomic E-state index is 12.4. The molecule has 0 aromatic heterocycles. The van der Waals surface area contributed by atoms with E-state index in [0.29, 0.717) is 17.9 Å². The number of nitrogens with two attached hydrogens (primary N) is 1. The highest BCUT2D eigenvalue weighted by atomic mass is 32.2. The minimum atomic E-state index is -3.53. The first-order chi connectivity index (χ1) is 8.60. The summed E-state index contributed by atoms with van der Waals surface area (Å²) >= 11 is 0. The summed E-state index contributed by atoms with van der Waals surface area (Å²) in [4.78, 5) is 0. The van der Waals surface area contributed by atoms with Crippen LogP contribution < -0.4 is 14.8 Å². The number of fused-ring (bicyclic) bond motifs is 1. The van der Waals surface area contributed by atoms with Gasteiger partial charge in [-0.05, 0) is 51.3 Å². The molecule has 0 radical (unpaired) electrons. The van der Waals surface area contributed by atoms with E-state index in [4.69, 9.17) is 5.73 Å². The Bertz CT molecular complexity index is 603. The first-order valence-electron chi connectivity index (χ1n) is 6.31. The van der Waals surface area contributed by atoms with Gasteiger partial charge in [-0.15, -0.1) is 0 Å². The Morgan fingerprint density at radius 3 is 2.53 bits per heavy atom. The number of nitrogens with zero attached hydrogens (tertiary/aromatic N) is 1. The summed E-state index contributed by atoms with van der Waals surface area (Å²) in [7, 11) is -3.53. The largest absolute Gasteiger partial charge is 0.398 e. The summed E-state index contributed by atoms with van der Waals surface area (Å²) < 4.78 is 28.8. The van der Waals surface area contributed by atoms with Crippen LogP contribution in [0.4, 0.5) is 11.4 Å². The van der Waals surface area contributed by atoms with Crippen molar-refractivity contribution in [1.82, 2.24) is 4.72 Å². The predicted octanol–water partition coefficient (Wildman–Crippen LogP) is 1.57. The number of nitrogens with one attached hydrogen (secondary N) is 1. The highest BCUT2D eigenvalue weighted by molar-refractivity contribution is 7.91. The lowest BCUT2D eigenvalue weighted by molar-refractivity contribution is 0.489. The Hall–Kier alpha value is -1.27. The number of hydrogen-bond donors (Lipinski definition) is 2. The topological polar surface area (TPSA) is 75.4 Å². The first-order valence-corrected chi connectivity index (χ1v) is 7.75. The van der Waals surface area contributed by atoms with Gasteiger partial charge in [0.1, 0.15) is 0 Å². The van der Waals surface area contributed by atoms with Gasteiger partial charge < -0.3 is 5.73 Å². The normalized spacial score (nSPS) is 15.7. The van der Waals surface area contributed by atoms with Crippen molar-refractivity contribution < 1.29 is 8.42 Å². The third kappa shape index (κ3) is 2.84. The van der Waals surface area contributed by atoms with Gasteiger partial charge in [0.15, 0.2) is 0 Å². The van der Waals surface area contributed by atoms with Gasteiger partial charge in [-0.3, -0.25) is 4.31 Å². The SMILES string of the molecule is Cc1cc2c(cc1N)N(S(=O)(=O)NC(C)(C)C)CC2. The molecule has 1 aromatic carbocycles. The molecule has 0 aliphatic carbocycles. The minimum Gasteiger partial charge on any atom is -0.398 e. The molecule has 1 aliphatic heterocycles. The molecule has 2 rings (SSSR count). The molecular weight excluding hydrogens is 262 g/mol. The van der Waals surface area contributed by atoms with Gasteiger partial charge in [0.05, 0.1) is 5.69 Å². The van der Waals surface area contributed by atoms with Crippen molar-refractivity contribution in [1.29, 1.82) is 0 Å². The molecule has 0 spiro atoms. The van der Waals surface area contributed by atoms with E-state index in [1.54, 1.807) is 6.07 Å². The molecule has 0 atom stereocenters. The molecule has 106 valence electrons. The fourth-order valence-electron chi connectivity index (χ4n) is 2.24. The van der Waals surface area contributed by atoms with Crippen molar-refractivity contribution >= 4 is 21.6 Å². The molecule has 0 saturated heterocycles. The Kier molecular flexibility index (Phi) is 3.26. The van der Waals surface area contributed by atoms with Crippen molar-refractivity contribution in [3.8, 4) is 0 Å². The Morgan fingerprint density at radius 2 is 1.95 bits per heavy atom. The van der Waals surface area contributed by atoms with E-state index in [-0.39, 0.29) is 0 Å². The maximum Gasteiger partial charge on any atom is 0.302 e. The second kappa shape index (κ2) is 4.38. The summed E-state index contributed by atoms with van der Waals surface area (Å²) in [6, 6.07) is 3.72. The highest BCUT2D eigenvalue weighted by Crippen LogP contribution is 2.33. The van der Waals surface area contributed by atoms with Gasteiger partial charge in [0, 0.05) is 17.8 Å². The Balaban J connectivity index is 2.40. The van der Waals surface area contributed by atoms with Crippen molar-refractivity contribution in [3.05, 3.63) is 23.3 Å². The molecule has 0 amide bonds. The van der Waals surface area contributed by atoms with Crippen LogP contribution in [0.5, 0.6) is 0 Å². The monoisotopic (exact) mass is 283 g/mol. The molecule has 19 heavy (non-hydrogen) atoms. The van der Waals surface area contributed by atoms with E-state index in [1.807, 2.05) is 33.8 Å². The van der Waals surface area contributed by atoms with Crippen LogP contribution in [0.25, 0.3) is 0 Å². The quantitative estimate of drug-likeness (QED) is 0.809. The summed E-state index contributed by atoms with van der Waals surface area (Å²) in [6.45, 7) is 7.87. The number of aryl methyl sites for hydroxylation is 1. The zero-order chi connectivity index (χ0) is 14.4. The van der Waals surface area contributed by atoms with E-state index in [1.165, 1.54) is 4.31 Å². The Morgan fingerprint density at radius 1 is 1.32 bits per heavy atom. The molecule has 5 nitrogen and oxygen atoms in total. The molecule has 3 N–H and O–H groups in total. The van der Waals surface area contributed by atoms with Crippen LogP contribution in [0.3, 0.4) is 0 Å². The van der Waals surface area contributed by atoms with Crippen LogP contribution in [-0.4, -0.2) is 20.5 Å². The van der Waals surface area contributed by atoms with Crippen LogP contribution in [0.15, 0.2) is 12.1 Å². The summed E-state index contributed by atoms with van der Waals surface area (Å²) in [5, 5.41) is 0. The number of hydrogen-bond acceptors (Lipinski definition) is 3. The number of anilines is 2. The maximum atomic E-state index is 12.4. The van der Waals surface area contributed by atoms with Gasteiger partial charge in [0.2, 0.25) is 0 Å². The lowest BCUT2D eigenvalue weighted by atomic mass is 10.1. The first kappa shape index (κ1) is 14.1. The smallest absolute Gasteiger partial charge is 0.302 e. The van der Waals surface area contributed by atoms with Crippen molar-refractivity contribution in [2.45, 2.75) is 39.7 Å². The average molecular weight is 283 g/mol. The van der Waals surface area contributed by atoms with Crippen LogP contribution in [0, 0.1) is 6.92 Å². The van der Waals surface area contributed by atoms with Gasteiger partial charge in [-0.1, -0.05) is 6.07 Å². The zero-order valence-corrected chi connectivity index (χ0v) is 12.6. The predicted molar refractivity (Wildman–Crippen MR) is 78.4 cm³/mol. The molecule has 1 aliphatic rings. The fraction of sp³-hybridized carbons (Fsp3) is 0.538. The second-order valence-corrected chi connectivity index (χ2v) is 7.61. The van der Waals surface area contributed by atoms with E-state index in [0.717, 1.165) is 17.5 Å². The Labute approximate surface area is 115 Å². The molecule has 6 heteroatoms. The molecule has 0 saturated carbocycles. The van der Waals surface area contributed by atoms with Crippen LogP contribution in [0.1, 0.15) is 31.9 Å². The third-order valence-electron chi connectivity index (χ3n) is 3.05. The van der Waals surface area contributed by atoms with Gasteiger partial charge >= 0.3 is 10.2 Å². The highest BCUT2D eigenvalue weighted by Gasteiger charge is 2.32. The van der Waals surface area contributed by atoms with Crippen molar-refractivity contribution in [2.24, 2.45) is 0 Å². The van der Waals surface area contributed by atoms with Crippen molar-refractivity contribution in [3.63, 3.8) is 0 Å². The number of nitrogen functional groups attached to an aromatic ring is 1. The van der Waals surface area contributed by atoms with Crippen LogP contribution >= 0.6 is 0 Å². The average Bonchev–Trinajstić information content (AvgIpc) is 2.58. The molecule has 1 heterocycles. The minimum absolute atomic E-state index is 0.462. The lowest BCUT2D eigenvalue weighted by Gasteiger charge is -2.26. The summed E-state index contributed by atoms with van der Waals surface area (Å²) in [5.41, 5.74) is 8.72. The second-order valence-electron chi connectivity index (χ2n) is 6.02. The lowest BCUT2D eigenvalue weighted by Crippen LogP contribution is -2.48. The van der Waals surface area contributed by atoms with E-state index >= 15 is 0 Å². The molecular formula is C13H21N3O2S. The number of rotatable bonds is 2. The van der Waals surface area contributed by atoms with Crippen LogP contribution in [0.2, 0.25) is 0 Å². The van der Waals surface area contributed by atoms with E-state index in [9.17, 15) is 8.42 Å². The molecule has 1 aromatic rings. The fourth-order valence-corrected chi connectivity index (χ4v) is 3.88. The zero-order valence-electron chi connectivity index (χ0n) is 11.8. The molecule has 0 fully saturated rings. The number of benzene rings is 1. The standard InChI is InChI=1S/C13H21N3O2S/c1-9-7-10-5-6-16(12(10)8-11(9)14)19(17,18)15-13(2,3)4/h7-8,15H,5-6,14H2,1-4H3. The molecule has 0 unspecified atom stereocenters. The molecule has 0 bridgehead atoms. The van der Waals surface area contributed by atoms with E-state index < -0.39 is 15.7 Å². The van der Waals surface area contributed by atoms with Gasteiger partial charge in [-0.2, -0.15) is 13.1 Å². The summed E-state index contributed by atoms with van der Waals surface area (Å²) in [5.74, 6) is 0. The van der Waals surface area contributed by atoms with Gasteiger partial charge in [-0.25, -0.2) is 0 Å².